The molecule has 30 heavy (non-hydrogen) atoms. The number of benzene rings is 2. The first-order chi connectivity index (χ1) is 14.3. The van der Waals surface area contributed by atoms with Gasteiger partial charge in [0.1, 0.15) is 5.76 Å². The van der Waals surface area contributed by atoms with Crippen molar-refractivity contribution in [2.75, 3.05) is 18.4 Å². The van der Waals surface area contributed by atoms with E-state index in [9.17, 15) is 13.2 Å². The molecule has 0 saturated carbocycles. The van der Waals surface area contributed by atoms with Gasteiger partial charge < -0.3 is 9.73 Å². The van der Waals surface area contributed by atoms with Crippen molar-refractivity contribution in [3.63, 3.8) is 0 Å². The van der Waals surface area contributed by atoms with Gasteiger partial charge in [0, 0.05) is 29.9 Å². The van der Waals surface area contributed by atoms with Gasteiger partial charge >= 0.3 is 0 Å². The molecule has 0 aliphatic heterocycles. The molecular formula is C22H25N3O4S. The van der Waals surface area contributed by atoms with E-state index in [-0.39, 0.29) is 10.8 Å². The fraction of sp³-hybridized carbons (Fsp3) is 0.273. The number of hydrogen-bond acceptors (Lipinski definition) is 5. The molecule has 8 heteroatoms. The van der Waals surface area contributed by atoms with Crippen molar-refractivity contribution in [2.45, 2.75) is 32.6 Å². The lowest BCUT2D eigenvalue weighted by Crippen LogP contribution is -2.30. The van der Waals surface area contributed by atoms with Crippen molar-refractivity contribution in [2.24, 2.45) is 0 Å². The van der Waals surface area contributed by atoms with Gasteiger partial charge in [-0.2, -0.15) is 4.31 Å². The molecule has 7 nitrogen and oxygen atoms in total. The molecular weight excluding hydrogens is 402 g/mol. The van der Waals surface area contributed by atoms with Crippen LogP contribution in [0.2, 0.25) is 0 Å². The van der Waals surface area contributed by atoms with Crippen LogP contribution in [0, 0.1) is 13.8 Å². The van der Waals surface area contributed by atoms with Gasteiger partial charge in [0.15, 0.2) is 0 Å². The van der Waals surface area contributed by atoms with E-state index in [4.69, 9.17) is 4.42 Å². The number of anilines is 1. The largest absolute Gasteiger partial charge is 0.441 e. The summed E-state index contributed by atoms with van der Waals surface area (Å²) >= 11 is 0. The highest BCUT2D eigenvalue weighted by atomic mass is 32.2. The van der Waals surface area contributed by atoms with E-state index < -0.39 is 10.0 Å². The van der Waals surface area contributed by atoms with E-state index in [1.807, 2.05) is 19.9 Å². The minimum Gasteiger partial charge on any atom is -0.441 e. The van der Waals surface area contributed by atoms with E-state index in [0.29, 0.717) is 30.2 Å². The molecule has 0 spiro atoms. The zero-order valence-electron chi connectivity index (χ0n) is 17.5. The van der Waals surface area contributed by atoms with Gasteiger partial charge in [-0.3, -0.25) is 4.79 Å². The van der Waals surface area contributed by atoms with Crippen LogP contribution >= 0.6 is 0 Å². The smallest absolute Gasteiger partial charge is 0.255 e. The molecule has 1 amide bonds. The summed E-state index contributed by atoms with van der Waals surface area (Å²) in [6.45, 7) is 8.08. The third-order valence-corrected chi connectivity index (χ3v) is 6.92. The number of aromatic nitrogens is 1. The summed E-state index contributed by atoms with van der Waals surface area (Å²) in [5, 5.41) is 2.82. The molecule has 1 heterocycles. The number of sulfonamides is 1. The molecule has 0 radical (unpaired) electrons. The maximum Gasteiger partial charge on any atom is 0.255 e. The predicted octanol–water partition coefficient (Wildman–Crippen LogP) is 4.24. The lowest BCUT2D eigenvalue weighted by molar-refractivity contribution is 0.102. The number of carbonyl (C=O) groups is 1. The highest BCUT2D eigenvalue weighted by Crippen LogP contribution is 2.24. The van der Waals surface area contributed by atoms with Gasteiger partial charge in [-0.25, -0.2) is 13.4 Å². The normalized spacial score (nSPS) is 11.6. The Hall–Kier alpha value is -2.97. The molecule has 3 aromatic rings. The predicted molar refractivity (Wildman–Crippen MR) is 116 cm³/mol. The standard InChI is InChI=1S/C22H25N3O4S/c1-5-25(6-2)30(27,28)20-12-10-17(11-13-20)21(26)24-19-9-7-8-18(14-19)22-23-15(3)16(4)29-22/h7-14H,5-6H2,1-4H3,(H,24,26). The molecule has 1 aromatic heterocycles. The number of rotatable bonds is 7. The van der Waals surface area contributed by atoms with Crippen molar-refractivity contribution < 1.29 is 17.6 Å². The van der Waals surface area contributed by atoms with Crippen molar-refractivity contribution in [1.82, 2.24) is 9.29 Å². The second kappa shape index (κ2) is 8.81. The number of carbonyl (C=O) groups excluding carboxylic acids is 1. The Morgan fingerprint density at radius 2 is 1.73 bits per heavy atom. The van der Waals surface area contributed by atoms with E-state index >= 15 is 0 Å². The zero-order chi connectivity index (χ0) is 21.9. The van der Waals surface area contributed by atoms with Gasteiger partial charge in [0.2, 0.25) is 15.9 Å². The van der Waals surface area contributed by atoms with Crippen molar-refractivity contribution >= 4 is 21.6 Å². The van der Waals surface area contributed by atoms with Crippen LogP contribution in [0.1, 0.15) is 35.7 Å². The fourth-order valence-corrected chi connectivity index (χ4v) is 4.48. The van der Waals surface area contributed by atoms with Crippen molar-refractivity contribution in [1.29, 1.82) is 0 Å². The molecule has 0 aliphatic rings. The third-order valence-electron chi connectivity index (χ3n) is 4.86. The first-order valence-corrected chi connectivity index (χ1v) is 11.2. The fourth-order valence-electron chi connectivity index (χ4n) is 3.02. The minimum absolute atomic E-state index is 0.166. The first-order valence-electron chi connectivity index (χ1n) is 9.72. The molecule has 0 atom stereocenters. The Kier molecular flexibility index (Phi) is 6.38. The summed E-state index contributed by atoms with van der Waals surface area (Å²) in [4.78, 5) is 17.2. The Bertz CT molecular complexity index is 1130. The molecule has 0 saturated heterocycles. The Balaban J connectivity index is 1.77. The monoisotopic (exact) mass is 427 g/mol. The average molecular weight is 428 g/mol. The van der Waals surface area contributed by atoms with Crippen LogP contribution in [0.25, 0.3) is 11.5 Å². The SMILES string of the molecule is CCN(CC)S(=O)(=O)c1ccc(C(=O)Nc2cccc(-c3nc(C)c(C)o3)c2)cc1. The number of aryl methyl sites for hydroxylation is 2. The zero-order valence-corrected chi connectivity index (χ0v) is 18.3. The molecule has 158 valence electrons. The number of amides is 1. The van der Waals surface area contributed by atoms with Crippen LogP contribution in [0.5, 0.6) is 0 Å². The van der Waals surface area contributed by atoms with Crippen LogP contribution in [-0.4, -0.2) is 36.7 Å². The highest BCUT2D eigenvalue weighted by molar-refractivity contribution is 7.89. The van der Waals surface area contributed by atoms with Crippen LogP contribution in [0.15, 0.2) is 57.8 Å². The number of oxazole rings is 1. The maximum absolute atomic E-state index is 12.6. The van der Waals surface area contributed by atoms with E-state index in [1.165, 1.54) is 28.6 Å². The lowest BCUT2D eigenvalue weighted by Gasteiger charge is -2.18. The van der Waals surface area contributed by atoms with Gasteiger partial charge in [0.05, 0.1) is 10.6 Å². The van der Waals surface area contributed by atoms with Crippen LogP contribution in [0.4, 0.5) is 5.69 Å². The Labute approximate surface area is 176 Å². The number of nitrogens with zero attached hydrogens (tertiary/aromatic N) is 2. The van der Waals surface area contributed by atoms with E-state index in [2.05, 4.69) is 10.3 Å². The maximum atomic E-state index is 12.6. The van der Waals surface area contributed by atoms with E-state index in [1.54, 1.807) is 32.0 Å². The molecule has 2 aromatic carbocycles. The third kappa shape index (κ3) is 4.44. The van der Waals surface area contributed by atoms with Gasteiger partial charge in [0.25, 0.3) is 5.91 Å². The number of hydrogen-bond donors (Lipinski definition) is 1. The molecule has 3 rings (SSSR count). The topological polar surface area (TPSA) is 92.5 Å². The second-order valence-corrected chi connectivity index (χ2v) is 8.75. The van der Waals surface area contributed by atoms with Crippen molar-refractivity contribution in [3.05, 3.63) is 65.5 Å². The first kappa shape index (κ1) is 21.7. The molecule has 0 fully saturated rings. The Morgan fingerprint density at radius 3 is 2.30 bits per heavy atom. The van der Waals surface area contributed by atoms with Crippen LogP contribution in [0.3, 0.4) is 0 Å². The van der Waals surface area contributed by atoms with E-state index in [0.717, 1.165) is 17.0 Å². The summed E-state index contributed by atoms with van der Waals surface area (Å²) in [5.74, 6) is 0.907. The molecule has 0 bridgehead atoms. The quantitative estimate of drug-likeness (QED) is 0.609. The van der Waals surface area contributed by atoms with Gasteiger partial charge in [-0.15, -0.1) is 0 Å². The minimum atomic E-state index is -3.56. The Morgan fingerprint density at radius 1 is 1.07 bits per heavy atom. The van der Waals surface area contributed by atoms with Gasteiger partial charge in [-0.1, -0.05) is 19.9 Å². The summed E-state index contributed by atoms with van der Waals surface area (Å²) in [6.07, 6.45) is 0. The van der Waals surface area contributed by atoms with Crippen LogP contribution in [-0.2, 0) is 10.0 Å². The summed E-state index contributed by atoms with van der Waals surface area (Å²) in [6, 6.07) is 13.1. The molecule has 0 unspecified atom stereocenters. The van der Waals surface area contributed by atoms with Crippen molar-refractivity contribution in [3.8, 4) is 11.5 Å². The van der Waals surface area contributed by atoms with Crippen LogP contribution < -0.4 is 5.32 Å². The molecule has 0 aliphatic carbocycles. The summed E-state index contributed by atoms with van der Waals surface area (Å²) < 4.78 is 32.2. The highest BCUT2D eigenvalue weighted by Gasteiger charge is 2.21. The number of nitrogens with one attached hydrogen (secondary N) is 1. The summed E-state index contributed by atoms with van der Waals surface area (Å²) in [5.41, 5.74) is 2.52. The second-order valence-electron chi connectivity index (χ2n) is 6.81. The average Bonchev–Trinajstić information content (AvgIpc) is 3.07. The molecule has 1 N–H and O–H groups in total. The lowest BCUT2D eigenvalue weighted by atomic mass is 10.1. The summed E-state index contributed by atoms with van der Waals surface area (Å²) in [7, 11) is -3.56. The van der Waals surface area contributed by atoms with Gasteiger partial charge in [-0.05, 0) is 56.3 Å².